The number of thioether (sulfide) groups is 1. The summed E-state index contributed by atoms with van der Waals surface area (Å²) >= 11 is 1.81. The van der Waals surface area contributed by atoms with Gasteiger partial charge in [-0.25, -0.2) is 4.98 Å². The molecule has 0 bridgehead atoms. The van der Waals surface area contributed by atoms with Crippen LogP contribution in [0.2, 0.25) is 0 Å². The van der Waals surface area contributed by atoms with Crippen molar-refractivity contribution in [1.29, 1.82) is 0 Å². The van der Waals surface area contributed by atoms with Crippen molar-refractivity contribution in [3.63, 3.8) is 0 Å². The summed E-state index contributed by atoms with van der Waals surface area (Å²) in [5.74, 6) is 0.935. The number of benzene rings is 1. The molecule has 1 heterocycles. The molecule has 0 unspecified atom stereocenters. The Labute approximate surface area is 99.7 Å². The molecule has 0 atom stereocenters. The normalized spacial score (nSPS) is 10.6. The van der Waals surface area contributed by atoms with Crippen molar-refractivity contribution in [2.24, 2.45) is 12.8 Å². The molecule has 0 aliphatic rings. The molecule has 0 amide bonds. The molecule has 2 aromatic rings. The largest absolute Gasteiger partial charge is 0.337 e. The minimum absolute atomic E-state index is 0.597. The summed E-state index contributed by atoms with van der Waals surface area (Å²) in [6.07, 6.45) is 3.73. The van der Waals surface area contributed by atoms with E-state index >= 15 is 0 Å². The lowest BCUT2D eigenvalue weighted by Crippen LogP contribution is -1.96. The van der Waals surface area contributed by atoms with Gasteiger partial charge in [0.25, 0.3) is 0 Å². The molecule has 0 aliphatic carbocycles. The van der Waals surface area contributed by atoms with Crippen molar-refractivity contribution in [2.75, 3.05) is 0 Å². The van der Waals surface area contributed by atoms with E-state index in [4.69, 9.17) is 5.73 Å². The third-order valence-electron chi connectivity index (χ3n) is 2.44. The quantitative estimate of drug-likeness (QED) is 0.823. The van der Waals surface area contributed by atoms with Crippen molar-refractivity contribution in [3.05, 3.63) is 48.0 Å². The highest BCUT2D eigenvalue weighted by Crippen LogP contribution is 2.23. The van der Waals surface area contributed by atoms with Gasteiger partial charge in [0.1, 0.15) is 0 Å². The number of aromatic nitrogens is 2. The predicted octanol–water partition coefficient (Wildman–Crippen LogP) is 2.17. The van der Waals surface area contributed by atoms with Crippen LogP contribution >= 0.6 is 11.8 Å². The van der Waals surface area contributed by atoms with E-state index in [1.807, 2.05) is 36.3 Å². The third-order valence-corrected chi connectivity index (χ3v) is 3.46. The summed E-state index contributed by atoms with van der Waals surface area (Å²) < 4.78 is 2.04. The van der Waals surface area contributed by atoms with Crippen LogP contribution in [0.5, 0.6) is 0 Å². The summed E-state index contributed by atoms with van der Waals surface area (Å²) in [6.45, 7) is 0.597. The molecule has 3 nitrogen and oxygen atoms in total. The van der Waals surface area contributed by atoms with E-state index < -0.39 is 0 Å². The zero-order valence-electron chi connectivity index (χ0n) is 9.26. The summed E-state index contributed by atoms with van der Waals surface area (Å²) in [5.41, 5.74) is 8.01. The average Bonchev–Trinajstić information content (AvgIpc) is 2.72. The maximum absolute atomic E-state index is 5.61. The van der Waals surface area contributed by atoms with Crippen LogP contribution < -0.4 is 5.73 Å². The Morgan fingerprint density at radius 1 is 1.44 bits per heavy atom. The SMILES string of the molecule is Cn1cncc1CSc1cccc(CN)c1. The predicted molar refractivity (Wildman–Crippen MR) is 67.1 cm³/mol. The molecule has 1 aromatic heterocycles. The number of aryl methyl sites for hydroxylation is 1. The van der Waals surface area contributed by atoms with E-state index in [2.05, 4.69) is 17.1 Å². The van der Waals surface area contributed by atoms with E-state index in [0.29, 0.717) is 6.54 Å². The van der Waals surface area contributed by atoms with Crippen molar-refractivity contribution in [2.45, 2.75) is 17.2 Å². The Balaban J connectivity index is 2.02. The van der Waals surface area contributed by atoms with Gasteiger partial charge in [0.15, 0.2) is 0 Å². The van der Waals surface area contributed by atoms with E-state index in [9.17, 15) is 0 Å². The fraction of sp³-hybridized carbons (Fsp3) is 0.250. The smallest absolute Gasteiger partial charge is 0.0945 e. The van der Waals surface area contributed by atoms with Crippen LogP contribution in [0.1, 0.15) is 11.3 Å². The standard InChI is InChI=1S/C12H15N3S/c1-15-9-14-7-11(15)8-16-12-4-2-3-10(5-12)6-13/h2-5,7,9H,6,8,13H2,1H3. The highest BCUT2D eigenvalue weighted by molar-refractivity contribution is 7.98. The van der Waals surface area contributed by atoms with Crippen molar-refractivity contribution >= 4 is 11.8 Å². The second kappa shape index (κ2) is 5.18. The lowest BCUT2D eigenvalue weighted by Gasteiger charge is -2.04. The summed E-state index contributed by atoms with van der Waals surface area (Å²) in [6, 6.07) is 8.35. The number of hydrogen-bond acceptors (Lipinski definition) is 3. The number of nitrogens with two attached hydrogens (primary N) is 1. The molecule has 0 saturated carbocycles. The Hall–Kier alpha value is -1.26. The zero-order chi connectivity index (χ0) is 11.4. The van der Waals surface area contributed by atoms with Crippen LogP contribution in [0.3, 0.4) is 0 Å². The van der Waals surface area contributed by atoms with Gasteiger partial charge >= 0.3 is 0 Å². The van der Waals surface area contributed by atoms with Crippen LogP contribution in [-0.4, -0.2) is 9.55 Å². The molecule has 84 valence electrons. The van der Waals surface area contributed by atoms with Crippen LogP contribution in [-0.2, 0) is 19.3 Å². The molecule has 2 N–H and O–H groups in total. The second-order valence-corrected chi connectivity index (χ2v) is 4.68. The molecule has 0 radical (unpaired) electrons. The van der Waals surface area contributed by atoms with Gasteiger partial charge in [-0.2, -0.15) is 0 Å². The monoisotopic (exact) mass is 233 g/mol. The van der Waals surface area contributed by atoms with E-state index in [1.165, 1.54) is 16.2 Å². The Bertz CT molecular complexity index is 465. The fourth-order valence-corrected chi connectivity index (χ4v) is 2.45. The van der Waals surface area contributed by atoms with Crippen molar-refractivity contribution in [3.8, 4) is 0 Å². The molecular weight excluding hydrogens is 218 g/mol. The number of rotatable bonds is 4. The Kier molecular flexibility index (Phi) is 3.64. The first-order valence-electron chi connectivity index (χ1n) is 5.16. The van der Waals surface area contributed by atoms with Crippen molar-refractivity contribution < 1.29 is 0 Å². The second-order valence-electron chi connectivity index (χ2n) is 3.64. The molecule has 2 rings (SSSR count). The number of nitrogens with zero attached hydrogens (tertiary/aromatic N) is 2. The van der Waals surface area contributed by atoms with Crippen LogP contribution in [0.15, 0.2) is 41.7 Å². The van der Waals surface area contributed by atoms with Gasteiger partial charge in [0, 0.05) is 36.1 Å². The van der Waals surface area contributed by atoms with E-state index in [1.54, 1.807) is 11.8 Å². The molecular formula is C12H15N3S. The molecule has 0 spiro atoms. The first-order chi connectivity index (χ1) is 7.79. The number of hydrogen-bond donors (Lipinski definition) is 1. The highest BCUT2D eigenvalue weighted by Gasteiger charge is 2.00. The van der Waals surface area contributed by atoms with Gasteiger partial charge < -0.3 is 10.3 Å². The van der Waals surface area contributed by atoms with Gasteiger partial charge in [-0.3, -0.25) is 0 Å². The molecule has 0 aliphatic heterocycles. The highest BCUT2D eigenvalue weighted by atomic mass is 32.2. The first-order valence-corrected chi connectivity index (χ1v) is 6.15. The molecule has 0 saturated heterocycles. The third kappa shape index (κ3) is 2.65. The Morgan fingerprint density at radius 3 is 3.00 bits per heavy atom. The van der Waals surface area contributed by atoms with Gasteiger partial charge in [0.05, 0.1) is 6.33 Å². The molecule has 0 fully saturated rings. The maximum atomic E-state index is 5.61. The molecule has 4 heteroatoms. The van der Waals surface area contributed by atoms with Gasteiger partial charge in [0.2, 0.25) is 0 Å². The summed E-state index contributed by atoms with van der Waals surface area (Å²) in [4.78, 5) is 5.35. The fourth-order valence-electron chi connectivity index (χ4n) is 1.44. The van der Waals surface area contributed by atoms with Crippen LogP contribution in [0.25, 0.3) is 0 Å². The van der Waals surface area contributed by atoms with E-state index in [0.717, 1.165) is 5.75 Å². The summed E-state index contributed by atoms with van der Waals surface area (Å²) in [7, 11) is 2.01. The zero-order valence-corrected chi connectivity index (χ0v) is 10.1. The first kappa shape index (κ1) is 11.2. The lowest BCUT2D eigenvalue weighted by molar-refractivity contribution is 0.867. The van der Waals surface area contributed by atoms with E-state index in [-0.39, 0.29) is 0 Å². The Morgan fingerprint density at radius 2 is 2.31 bits per heavy atom. The van der Waals surface area contributed by atoms with Gasteiger partial charge in [-0.05, 0) is 17.7 Å². The van der Waals surface area contributed by atoms with Gasteiger partial charge in [-0.1, -0.05) is 12.1 Å². The average molecular weight is 233 g/mol. The topological polar surface area (TPSA) is 43.8 Å². The molecule has 1 aromatic carbocycles. The van der Waals surface area contributed by atoms with Crippen molar-refractivity contribution in [1.82, 2.24) is 9.55 Å². The van der Waals surface area contributed by atoms with Crippen LogP contribution in [0.4, 0.5) is 0 Å². The van der Waals surface area contributed by atoms with Crippen LogP contribution in [0, 0.1) is 0 Å². The minimum Gasteiger partial charge on any atom is -0.337 e. The van der Waals surface area contributed by atoms with Gasteiger partial charge in [-0.15, -0.1) is 11.8 Å². The molecule has 16 heavy (non-hydrogen) atoms. The number of imidazole rings is 1. The summed E-state index contributed by atoms with van der Waals surface area (Å²) in [5, 5.41) is 0. The lowest BCUT2D eigenvalue weighted by atomic mass is 10.2. The minimum atomic E-state index is 0.597. The maximum Gasteiger partial charge on any atom is 0.0945 e.